The number of fused-ring (bicyclic) bond motifs is 1. The number of hydrogen-bond donors (Lipinski definition) is 1. The van der Waals surface area contributed by atoms with Crippen molar-refractivity contribution in [3.05, 3.63) is 58.1 Å². The van der Waals surface area contributed by atoms with E-state index in [2.05, 4.69) is 31.0 Å². The highest BCUT2D eigenvalue weighted by Gasteiger charge is 2.06. The van der Waals surface area contributed by atoms with E-state index in [-0.39, 0.29) is 5.97 Å². The quantitative estimate of drug-likeness (QED) is 0.683. The molecule has 0 aliphatic carbocycles. The molecule has 0 unspecified atom stereocenters. The summed E-state index contributed by atoms with van der Waals surface area (Å²) in [5.41, 5.74) is 2.60. The smallest absolute Gasteiger partial charge is 0.337 e. The van der Waals surface area contributed by atoms with Gasteiger partial charge in [-0.1, -0.05) is 39.4 Å². The minimum absolute atomic E-state index is 0.323. The number of aromatic nitrogens is 1. The van der Waals surface area contributed by atoms with Crippen molar-refractivity contribution in [2.24, 2.45) is 0 Å². The second-order valence-corrected chi connectivity index (χ2v) is 6.62. The molecular weight excluding hydrogens is 364 g/mol. The van der Waals surface area contributed by atoms with Crippen LogP contribution < -0.4 is 5.32 Å². The Kier molecular flexibility index (Phi) is 4.40. The normalized spacial score (nSPS) is 10.6. The van der Waals surface area contributed by atoms with Crippen molar-refractivity contribution in [2.45, 2.75) is 6.54 Å². The average molecular weight is 377 g/mol. The monoisotopic (exact) mass is 376 g/mol. The topological polar surface area (TPSA) is 51.2 Å². The molecule has 3 aromatic rings. The number of ether oxygens (including phenoxy) is 1. The lowest BCUT2D eigenvalue weighted by Crippen LogP contribution is -2.02. The van der Waals surface area contributed by atoms with Crippen LogP contribution in [0.2, 0.25) is 0 Å². The number of hydrogen-bond acceptors (Lipinski definition) is 5. The average Bonchev–Trinajstić information content (AvgIpc) is 2.94. The molecule has 0 bridgehead atoms. The van der Waals surface area contributed by atoms with Crippen molar-refractivity contribution in [3.8, 4) is 0 Å². The number of carbonyl (C=O) groups excluding carboxylic acids is 1. The van der Waals surface area contributed by atoms with E-state index in [1.807, 2.05) is 30.3 Å². The molecule has 2 aromatic carbocycles. The molecule has 0 radical (unpaired) electrons. The molecular formula is C16H13BrN2O2S. The van der Waals surface area contributed by atoms with Crippen molar-refractivity contribution < 1.29 is 9.53 Å². The van der Waals surface area contributed by atoms with Crippen LogP contribution in [-0.2, 0) is 11.3 Å². The van der Waals surface area contributed by atoms with Gasteiger partial charge in [0.15, 0.2) is 5.13 Å². The lowest BCUT2D eigenvalue weighted by Gasteiger charge is -2.04. The third-order valence-corrected chi connectivity index (χ3v) is 4.66. The third-order valence-electron chi connectivity index (χ3n) is 3.17. The van der Waals surface area contributed by atoms with Crippen molar-refractivity contribution in [1.82, 2.24) is 4.98 Å². The van der Waals surface area contributed by atoms with Gasteiger partial charge in [0.2, 0.25) is 0 Å². The zero-order valence-electron chi connectivity index (χ0n) is 11.8. The van der Waals surface area contributed by atoms with Crippen molar-refractivity contribution in [1.29, 1.82) is 0 Å². The fourth-order valence-corrected chi connectivity index (χ4v) is 3.22. The van der Waals surface area contributed by atoms with Crippen LogP contribution >= 0.6 is 27.3 Å². The summed E-state index contributed by atoms with van der Waals surface area (Å²) in [5, 5.41) is 4.19. The van der Waals surface area contributed by atoms with Gasteiger partial charge in [0.05, 0.1) is 22.9 Å². The molecule has 112 valence electrons. The molecule has 1 heterocycles. The molecule has 0 spiro atoms. The van der Waals surface area contributed by atoms with Crippen LogP contribution in [0.25, 0.3) is 10.2 Å². The minimum atomic E-state index is -0.323. The summed E-state index contributed by atoms with van der Waals surface area (Å²) in [7, 11) is 1.38. The van der Waals surface area contributed by atoms with Gasteiger partial charge in [0.1, 0.15) is 0 Å². The molecule has 0 aliphatic heterocycles. The first-order valence-electron chi connectivity index (χ1n) is 6.63. The van der Waals surface area contributed by atoms with E-state index in [0.717, 1.165) is 25.4 Å². The highest BCUT2D eigenvalue weighted by atomic mass is 79.9. The van der Waals surface area contributed by atoms with E-state index >= 15 is 0 Å². The van der Waals surface area contributed by atoms with Crippen LogP contribution in [0.5, 0.6) is 0 Å². The number of halogens is 1. The Hall–Kier alpha value is -1.92. The van der Waals surface area contributed by atoms with Gasteiger partial charge in [-0.3, -0.25) is 0 Å². The third kappa shape index (κ3) is 3.28. The second kappa shape index (κ2) is 6.46. The summed E-state index contributed by atoms with van der Waals surface area (Å²) >= 11 is 5.07. The second-order valence-electron chi connectivity index (χ2n) is 4.67. The number of carbonyl (C=O) groups is 1. The molecule has 22 heavy (non-hydrogen) atoms. The van der Waals surface area contributed by atoms with Crippen LogP contribution in [0.1, 0.15) is 15.9 Å². The molecule has 0 aliphatic rings. The van der Waals surface area contributed by atoms with Gasteiger partial charge in [-0.15, -0.1) is 0 Å². The number of rotatable bonds is 4. The van der Waals surface area contributed by atoms with Gasteiger partial charge in [-0.05, 0) is 35.9 Å². The van der Waals surface area contributed by atoms with Gasteiger partial charge in [-0.2, -0.15) is 0 Å². The van der Waals surface area contributed by atoms with Crippen molar-refractivity contribution in [3.63, 3.8) is 0 Å². The molecule has 1 aromatic heterocycles. The lowest BCUT2D eigenvalue weighted by molar-refractivity contribution is 0.0600. The summed E-state index contributed by atoms with van der Waals surface area (Å²) in [5.74, 6) is -0.323. The molecule has 0 saturated heterocycles. The van der Waals surface area contributed by atoms with E-state index in [0.29, 0.717) is 12.1 Å². The van der Waals surface area contributed by atoms with Crippen LogP contribution in [0.4, 0.5) is 5.13 Å². The number of anilines is 1. The van der Waals surface area contributed by atoms with Crippen LogP contribution in [0.15, 0.2) is 46.9 Å². The fraction of sp³-hybridized carbons (Fsp3) is 0.125. The van der Waals surface area contributed by atoms with Crippen LogP contribution in [0, 0.1) is 0 Å². The molecule has 3 rings (SSSR count). The molecule has 0 amide bonds. The molecule has 6 heteroatoms. The number of esters is 1. The SMILES string of the molecule is COC(=O)c1ccc(CNc2nc3cc(Br)ccc3s2)cc1. The zero-order valence-corrected chi connectivity index (χ0v) is 14.2. The maximum Gasteiger partial charge on any atom is 0.337 e. The standard InChI is InChI=1S/C16H13BrN2O2S/c1-21-15(20)11-4-2-10(3-5-11)9-18-16-19-13-8-12(17)6-7-14(13)22-16/h2-8H,9H2,1H3,(H,18,19). The lowest BCUT2D eigenvalue weighted by atomic mass is 10.1. The highest BCUT2D eigenvalue weighted by molar-refractivity contribution is 9.10. The molecule has 0 fully saturated rings. The van der Waals surface area contributed by atoms with Gasteiger partial charge in [0.25, 0.3) is 0 Å². The van der Waals surface area contributed by atoms with Gasteiger partial charge < -0.3 is 10.1 Å². The van der Waals surface area contributed by atoms with Gasteiger partial charge >= 0.3 is 5.97 Å². The number of nitrogens with zero attached hydrogens (tertiary/aromatic N) is 1. The first-order valence-corrected chi connectivity index (χ1v) is 8.24. The fourth-order valence-electron chi connectivity index (χ4n) is 2.03. The Labute approximate surface area is 140 Å². The summed E-state index contributed by atoms with van der Waals surface area (Å²) in [6, 6.07) is 13.4. The number of nitrogens with one attached hydrogen (secondary N) is 1. The Balaban J connectivity index is 1.69. The first kappa shape index (κ1) is 15.0. The van der Waals surface area contributed by atoms with E-state index in [1.165, 1.54) is 7.11 Å². The summed E-state index contributed by atoms with van der Waals surface area (Å²) < 4.78 is 6.85. The molecule has 1 N–H and O–H groups in total. The summed E-state index contributed by atoms with van der Waals surface area (Å²) in [4.78, 5) is 15.9. The van der Waals surface area contributed by atoms with Crippen LogP contribution in [-0.4, -0.2) is 18.1 Å². The highest BCUT2D eigenvalue weighted by Crippen LogP contribution is 2.28. The Bertz CT molecular complexity index is 815. The first-order chi connectivity index (χ1) is 10.7. The largest absolute Gasteiger partial charge is 0.465 e. The molecule has 0 atom stereocenters. The summed E-state index contributed by atoms with van der Waals surface area (Å²) in [6.45, 7) is 0.655. The van der Waals surface area contributed by atoms with Crippen molar-refractivity contribution >= 4 is 48.6 Å². The Morgan fingerprint density at radius 2 is 2.05 bits per heavy atom. The van der Waals surface area contributed by atoms with E-state index < -0.39 is 0 Å². The van der Waals surface area contributed by atoms with E-state index in [4.69, 9.17) is 0 Å². The molecule has 0 saturated carbocycles. The van der Waals surface area contributed by atoms with Crippen LogP contribution in [0.3, 0.4) is 0 Å². The maximum atomic E-state index is 11.4. The number of thiazole rings is 1. The summed E-state index contributed by atoms with van der Waals surface area (Å²) in [6.07, 6.45) is 0. The van der Waals surface area contributed by atoms with Gasteiger partial charge in [-0.25, -0.2) is 9.78 Å². The zero-order chi connectivity index (χ0) is 15.5. The van der Waals surface area contributed by atoms with Gasteiger partial charge in [0, 0.05) is 11.0 Å². The van der Waals surface area contributed by atoms with E-state index in [1.54, 1.807) is 23.5 Å². The molecule has 4 nitrogen and oxygen atoms in total. The minimum Gasteiger partial charge on any atom is -0.465 e. The predicted molar refractivity (Wildman–Crippen MR) is 92.4 cm³/mol. The Morgan fingerprint density at radius 1 is 1.27 bits per heavy atom. The number of benzene rings is 2. The van der Waals surface area contributed by atoms with Crippen molar-refractivity contribution in [2.75, 3.05) is 12.4 Å². The predicted octanol–water partition coefficient (Wildman–Crippen LogP) is 4.46. The van der Waals surface area contributed by atoms with E-state index in [9.17, 15) is 4.79 Å². The Morgan fingerprint density at radius 3 is 2.77 bits per heavy atom. The maximum absolute atomic E-state index is 11.4. The number of methoxy groups -OCH3 is 1.